The van der Waals surface area contributed by atoms with Crippen LogP contribution in [0.25, 0.3) is 0 Å². The average molecular weight is 217 g/mol. The second-order valence-electron chi connectivity index (χ2n) is 5.62. The molecule has 2 nitrogen and oxygen atoms in total. The Kier molecular flexibility index (Phi) is 3.07. The Morgan fingerprint density at radius 1 is 1.00 bits per heavy atom. The van der Waals surface area contributed by atoms with Gasteiger partial charge in [0.2, 0.25) is 0 Å². The molecule has 1 aliphatic heterocycles. The first-order chi connectivity index (χ1) is 5.72. The predicted octanol–water partition coefficient (Wildman–Crippen LogP) is 2.22. The zero-order chi connectivity index (χ0) is 10.3. The minimum atomic E-state index is -1.36. The third kappa shape index (κ3) is 3.20. The topological polar surface area (TPSA) is 12.5 Å². The van der Waals surface area contributed by atoms with E-state index in [1.807, 2.05) is 0 Å². The highest BCUT2D eigenvalue weighted by Crippen LogP contribution is 2.23. The van der Waals surface area contributed by atoms with Crippen LogP contribution in [0.15, 0.2) is 0 Å². The van der Waals surface area contributed by atoms with Crippen LogP contribution in [-0.2, 0) is 4.12 Å². The van der Waals surface area contributed by atoms with Crippen molar-refractivity contribution in [2.45, 2.75) is 46.1 Å². The van der Waals surface area contributed by atoms with Crippen molar-refractivity contribution in [1.82, 2.24) is 4.90 Å². The van der Waals surface area contributed by atoms with Crippen molar-refractivity contribution in [1.29, 1.82) is 0 Å². The monoisotopic (exact) mass is 217 g/mol. The van der Waals surface area contributed by atoms with Gasteiger partial charge in [-0.15, -0.1) is 0 Å². The molecule has 1 heterocycles. The Morgan fingerprint density at radius 3 is 1.69 bits per heavy atom. The molecule has 0 aliphatic carbocycles. The fourth-order valence-corrected chi connectivity index (χ4v) is 11.8. The molecule has 0 saturated carbocycles. The van der Waals surface area contributed by atoms with E-state index in [1.165, 1.54) is 12.3 Å². The first-order valence-corrected chi connectivity index (χ1v) is 11.4. The zero-order valence-corrected chi connectivity index (χ0v) is 11.8. The molecule has 0 spiro atoms. The van der Waals surface area contributed by atoms with E-state index in [2.05, 4.69) is 44.9 Å². The Balaban J connectivity index is 2.72. The van der Waals surface area contributed by atoms with Crippen molar-refractivity contribution in [2.24, 2.45) is 0 Å². The minimum absolute atomic E-state index is 0.683. The number of hydrogen-bond acceptors (Lipinski definition) is 2. The van der Waals surface area contributed by atoms with Gasteiger partial charge in [0.05, 0.1) is 0 Å². The van der Waals surface area contributed by atoms with Crippen LogP contribution in [0.1, 0.15) is 13.8 Å². The summed E-state index contributed by atoms with van der Waals surface area (Å²) >= 11 is 0. The van der Waals surface area contributed by atoms with Crippen molar-refractivity contribution in [2.75, 3.05) is 12.3 Å². The maximum absolute atomic E-state index is 6.28. The summed E-state index contributed by atoms with van der Waals surface area (Å²) in [6.45, 7) is 14.0. The second kappa shape index (κ2) is 3.49. The second-order valence-corrected chi connectivity index (χ2v) is 14.1. The van der Waals surface area contributed by atoms with Gasteiger partial charge in [-0.3, -0.25) is 0 Å². The molecule has 0 aromatic carbocycles. The smallest absolute Gasteiger partial charge is 0.187 e. The zero-order valence-electron chi connectivity index (χ0n) is 9.85. The lowest BCUT2D eigenvalue weighted by molar-refractivity contribution is 0.248. The highest BCUT2D eigenvalue weighted by molar-refractivity contribution is 6.86. The summed E-state index contributed by atoms with van der Waals surface area (Å²) in [5.74, 6) is 0. The predicted molar refractivity (Wildman–Crippen MR) is 62.8 cm³/mol. The molecule has 1 aliphatic rings. The molecule has 78 valence electrons. The van der Waals surface area contributed by atoms with Crippen LogP contribution < -0.4 is 0 Å². The molecular formula is C9H23NOSi2. The Morgan fingerprint density at radius 2 is 1.38 bits per heavy atom. The van der Waals surface area contributed by atoms with Crippen molar-refractivity contribution in [3.8, 4) is 0 Å². The number of nitrogens with zero attached hydrogens (tertiary/aromatic N) is 1. The third-order valence-electron chi connectivity index (χ3n) is 2.45. The quantitative estimate of drug-likeness (QED) is 0.625. The molecule has 0 bridgehead atoms. The van der Waals surface area contributed by atoms with Gasteiger partial charge in [-0.25, -0.2) is 0 Å². The molecule has 0 N–H and O–H groups in total. The highest BCUT2D eigenvalue weighted by Gasteiger charge is 2.41. The van der Waals surface area contributed by atoms with Gasteiger partial charge in [0.15, 0.2) is 16.6 Å². The van der Waals surface area contributed by atoms with Crippen molar-refractivity contribution in [3.05, 3.63) is 0 Å². The van der Waals surface area contributed by atoms with Crippen LogP contribution in [-0.4, -0.2) is 39.9 Å². The first kappa shape index (κ1) is 11.4. The van der Waals surface area contributed by atoms with E-state index >= 15 is 0 Å². The van der Waals surface area contributed by atoms with E-state index < -0.39 is 16.6 Å². The summed E-state index contributed by atoms with van der Waals surface area (Å²) in [4.78, 5) is 2.61. The van der Waals surface area contributed by atoms with Gasteiger partial charge in [0.25, 0.3) is 0 Å². The summed E-state index contributed by atoms with van der Waals surface area (Å²) in [7, 11) is -2.73. The molecule has 0 unspecified atom stereocenters. The Bertz CT molecular complexity index is 176. The Labute approximate surface area is 84.5 Å². The molecule has 0 aromatic heterocycles. The molecule has 1 fully saturated rings. The number of rotatable bonds is 1. The lowest BCUT2D eigenvalue weighted by Gasteiger charge is -2.47. The van der Waals surface area contributed by atoms with Crippen LogP contribution in [0.4, 0.5) is 0 Å². The van der Waals surface area contributed by atoms with Gasteiger partial charge >= 0.3 is 0 Å². The third-order valence-corrected chi connectivity index (χ3v) is 9.21. The minimum Gasteiger partial charge on any atom is -0.454 e. The largest absolute Gasteiger partial charge is 0.454 e. The van der Waals surface area contributed by atoms with E-state index in [4.69, 9.17) is 4.12 Å². The summed E-state index contributed by atoms with van der Waals surface area (Å²) in [5.41, 5.74) is 0. The molecule has 4 heteroatoms. The van der Waals surface area contributed by atoms with Crippen LogP contribution in [0.5, 0.6) is 0 Å². The van der Waals surface area contributed by atoms with Crippen molar-refractivity contribution >= 4 is 16.6 Å². The van der Waals surface area contributed by atoms with Crippen LogP contribution in [0, 0.1) is 0 Å². The van der Waals surface area contributed by atoms with Crippen LogP contribution in [0.3, 0.4) is 0 Å². The summed E-state index contributed by atoms with van der Waals surface area (Å²) in [6, 6.07) is 0.683. The van der Waals surface area contributed by atoms with Crippen molar-refractivity contribution in [3.63, 3.8) is 0 Å². The molecule has 0 amide bonds. The summed E-state index contributed by atoms with van der Waals surface area (Å²) in [5, 5.41) is 0. The lowest BCUT2D eigenvalue weighted by Crippen LogP contribution is -2.64. The van der Waals surface area contributed by atoms with E-state index in [0.717, 1.165) is 0 Å². The molecule has 0 atom stereocenters. The SMILES string of the molecule is CC(C)N1C[Si](C)(C)O[Si](C)(C)C1. The van der Waals surface area contributed by atoms with Gasteiger partial charge < -0.3 is 9.02 Å². The van der Waals surface area contributed by atoms with E-state index in [0.29, 0.717) is 6.04 Å². The standard InChI is InChI=1S/C9H23NOSi2/c1-9(2)10-7-12(3,4)11-13(5,6)8-10/h9H,7-8H2,1-6H3. The molecule has 0 radical (unpaired) electrons. The molecule has 1 rings (SSSR count). The molecule has 13 heavy (non-hydrogen) atoms. The van der Waals surface area contributed by atoms with E-state index in [1.54, 1.807) is 0 Å². The fraction of sp³-hybridized carbons (Fsp3) is 1.00. The Hall–Kier alpha value is 0.354. The molecule has 1 saturated heterocycles. The van der Waals surface area contributed by atoms with Crippen molar-refractivity contribution < 1.29 is 4.12 Å². The maximum Gasteiger partial charge on any atom is 0.187 e. The van der Waals surface area contributed by atoms with E-state index in [9.17, 15) is 0 Å². The molecule has 0 aromatic rings. The van der Waals surface area contributed by atoms with Gasteiger partial charge in [-0.2, -0.15) is 0 Å². The molecular weight excluding hydrogens is 194 g/mol. The fourth-order valence-electron chi connectivity index (χ4n) is 2.21. The maximum atomic E-state index is 6.28. The summed E-state index contributed by atoms with van der Waals surface area (Å²) < 4.78 is 6.28. The highest BCUT2D eigenvalue weighted by atomic mass is 28.4. The van der Waals surface area contributed by atoms with Gasteiger partial charge in [-0.05, 0) is 40.0 Å². The lowest BCUT2D eigenvalue weighted by atomic mass is 10.4. The summed E-state index contributed by atoms with van der Waals surface area (Å²) in [6.07, 6.45) is 2.42. The van der Waals surface area contributed by atoms with Gasteiger partial charge in [-0.1, -0.05) is 0 Å². The number of hydrogen-bond donors (Lipinski definition) is 0. The van der Waals surface area contributed by atoms with Crippen LogP contribution in [0.2, 0.25) is 26.2 Å². The van der Waals surface area contributed by atoms with Crippen LogP contribution >= 0.6 is 0 Å². The normalized spacial score (nSPS) is 27.9. The average Bonchev–Trinajstić information content (AvgIpc) is 1.79. The van der Waals surface area contributed by atoms with Gasteiger partial charge in [0.1, 0.15) is 0 Å². The van der Waals surface area contributed by atoms with Gasteiger partial charge in [0, 0.05) is 18.4 Å². The van der Waals surface area contributed by atoms with E-state index in [-0.39, 0.29) is 0 Å². The first-order valence-electron chi connectivity index (χ1n) is 5.16.